The van der Waals surface area contributed by atoms with Crippen LogP contribution in [-0.2, 0) is 13.1 Å². The van der Waals surface area contributed by atoms with Crippen LogP contribution in [-0.4, -0.2) is 11.9 Å². The number of rotatable bonds is 7. The molecule has 0 bridgehead atoms. The molecule has 0 spiro atoms. The molecule has 0 aliphatic carbocycles. The van der Waals surface area contributed by atoms with E-state index in [9.17, 15) is 0 Å². The van der Waals surface area contributed by atoms with E-state index in [4.69, 9.17) is 0 Å². The highest BCUT2D eigenvalue weighted by Crippen LogP contribution is 2.25. The largest absolute Gasteiger partial charge is 0.298 e. The van der Waals surface area contributed by atoms with Crippen LogP contribution in [0.4, 0.5) is 0 Å². The number of unbranched alkanes of at least 4 members (excludes halogenated alkanes) is 4. The first kappa shape index (κ1) is 14.1. The van der Waals surface area contributed by atoms with Crippen LogP contribution < -0.4 is 0 Å². The Kier molecular flexibility index (Phi) is 5.41. The highest BCUT2D eigenvalue weighted by molar-refractivity contribution is 5.56. The van der Waals surface area contributed by atoms with Gasteiger partial charge in [0.25, 0.3) is 0 Å². The highest BCUT2D eigenvalue weighted by Gasteiger charge is 2.16. The molecule has 2 rings (SSSR count). The predicted molar refractivity (Wildman–Crippen MR) is 83.9 cm³/mol. The van der Waals surface area contributed by atoms with Crippen LogP contribution in [0.1, 0.15) is 48.8 Å². The van der Waals surface area contributed by atoms with Gasteiger partial charge in [0.15, 0.2) is 0 Å². The van der Waals surface area contributed by atoms with Gasteiger partial charge in [-0.1, -0.05) is 42.8 Å². The van der Waals surface area contributed by atoms with E-state index in [0.29, 0.717) is 0 Å². The van der Waals surface area contributed by atoms with Crippen LogP contribution in [0.15, 0.2) is 36.9 Å². The van der Waals surface area contributed by atoms with Crippen molar-refractivity contribution in [1.82, 2.24) is 4.90 Å². The maximum Gasteiger partial charge on any atom is 0.0243 e. The summed E-state index contributed by atoms with van der Waals surface area (Å²) in [6, 6.07) is 6.68. The number of hydrogen-bond donors (Lipinski definition) is 0. The molecule has 0 radical (unpaired) electrons. The molecule has 1 heteroatoms. The summed E-state index contributed by atoms with van der Waals surface area (Å²) in [5.41, 5.74) is 4.43. The minimum Gasteiger partial charge on any atom is -0.298 e. The van der Waals surface area contributed by atoms with Crippen LogP contribution >= 0.6 is 0 Å². The summed E-state index contributed by atoms with van der Waals surface area (Å²) in [6.45, 7) is 5.94. The lowest BCUT2D eigenvalue weighted by Crippen LogP contribution is -2.07. The summed E-state index contributed by atoms with van der Waals surface area (Å²) in [4.78, 5) is 2.37. The van der Waals surface area contributed by atoms with Gasteiger partial charge >= 0.3 is 0 Å². The van der Waals surface area contributed by atoms with Gasteiger partial charge in [-0.15, -0.1) is 6.58 Å². The zero-order valence-electron chi connectivity index (χ0n) is 12.1. The van der Waals surface area contributed by atoms with E-state index in [1.807, 2.05) is 6.08 Å². The van der Waals surface area contributed by atoms with Gasteiger partial charge in [0, 0.05) is 13.1 Å². The monoisotopic (exact) mass is 255 g/mol. The molecule has 1 nitrogen and oxygen atoms in total. The molecule has 1 aromatic carbocycles. The van der Waals surface area contributed by atoms with Crippen LogP contribution in [0.2, 0.25) is 0 Å². The number of allylic oxidation sites excluding steroid dienone is 2. The van der Waals surface area contributed by atoms with E-state index in [1.165, 1.54) is 42.4 Å². The molecule has 1 aromatic rings. The van der Waals surface area contributed by atoms with Gasteiger partial charge in [-0.05, 0) is 49.4 Å². The number of benzene rings is 1. The van der Waals surface area contributed by atoms with Gasteiger partial charge < -0.3 is 0 Å². The molecule has 0 aromatic heterocycles. The van der Waals surface area contributed by atoms with Gasteiger partial charge in [-0.2, -0.15) is 0 Å². The van der Waals surface area contributed by atoms with Crippen molar-refractivity contribution in [3.63, 3.8) is 0 Å². The van der Waals surface area contributed by atoms with Crippen molar-refractivity contribution in [3.8, 4) is 0 Å². The van der Waals surface area contributed by atoms with Crippen molar-refractivity contribution >= 4 is 6.08 Å². The van der Waals surface area contributed by atoms with E-state index in [-0.39, 0.29) is 0 Å². The van der Waals surface area contributed by atoms with E-state index < -0.39 is 0 Å². The highest BCUT2D eigenvalue weighted by atomic mass is 15.1. The Balaban J connectivity index is 1.83. The summed E-state index contributed by atoms with van der Waals surface area (Å²) in [5.74, 6) is 0. The molecule has 0 N–H and O–H groups in total. The molecule has 0 saturated heterocycles. The standard InChI is InChI=1S/C18H25N/c1-3-4-5-6-7-8-9-11-16-12-10-13-17-14-19(2)15-18(16)17/h3,9-13H,1,4-8,14-15H2,2H3/b11-9+. The molecule has 1 aliphatic heterocycles. The summed E-state index contributed by atoms with van der Waals surface area (Å²) in [7, 11) is 2.19. The Hall–Kier alpha value is -1.34. The molecule has 0 fully saturated rings. The zero-order chi connectivity index (χ0) is 13.5. The van der Waals surface area contributed by atoms with Crippen molar-refractivity contribution in [2.24, 2.45) is 0 Å². The van der Waals surface area contributed by atoms with Crippen molar-refractivity contribution < 1.29 is 0 Å². The van der Waals surface area contributed by atoms with Crippen molar-refractivity contribution in [2.45, 2.75) is 45.2 Å². The Morgan fingerprint density at radius 3 is 2.84 bits per heavy atom. The first-order valence-electron chi connectivity index (χ1n) is 7.38. The second-order valence-corrected chi connectivity index (χ2v) is 5.49. The molecule has 0 unspecified atom stereocenters. The first-order chi connectivity index (χ1) is 9.31. The third-order valence-electron chi connectivity index (χ3n) is 3.75. The fraction of sp³-hybridized carbons (Fsp3) is 0.444. The van der Waals surface area contributed by atoms with Crippen LogP contribution in [0.3, 0.4) is 0 Å². The average Bonchev–Trinajstić information content (AvgIpc) is 2.78. The fourth-order valence-electron chi connectivity index (χ4n) is 2.71. The number of nitrogens with zero attached hydrogens (tertiary/aromatic N) is 1. The summed E-state index contributed by atoms with van der Waals surface area (Å²) >= 11 is 0. The Labute approximate surface area is 117 Å². The summed E-state index contributed by atoms with van der Waals surface area (Å²) < 4.78 is 0. The van der Waals surface area contributed by atoms with Crippen molar-refractivity contribution in [3.05, 3.63) is 53.6 Å². The van der Waals surface area contributed by atoms with Gasteiger partial charge in [0.05, 0.1) is 0 Å². The van der Waals surface area contributed by atoms with E-state index in [1.54, 1.807) is 0 Å². The number of fused-ring (bicyclic) bond motifs is 1. The predicted octanol–water partition coefficient (Wildman–Crippen LogP) is 4.78. The van der Waals surface area contributed by atoms with Gasteiger partial charge in [0.2, 0.25) is 0 Å². The van der Waals surface area contributed by atoms with Crippen molar-refractivity contribution in [1.29, 1.82) is 0 Å². The Bertz CT molecular complexity index is 445. The minimum atomic E-state index is 1.09. The first-order valence-corrected chi connectivity index (χ1v) is 7.38. The molecule has 0 amide bonds. The summed E-state index contributed by atoms with van der Waals surface area (Å²) in [6.07, 6.45) is 12.9. The topological polar surface area (TPSA) is 3.24 Å². The molecule has 1 aliphatic rings. The van der Waals surface area contributed by atoms with E-state index in [2.05, 4.69) is 48.9 Å². The van der Waals surface area contributed by atoms with Crippen molar-refractivity contribution in [2.75, 3.05) is 7.05 Å². The normalized spacial score (nSPS) is 15.0. The van der Waals surface area contributed by atoms with Gasteiger partial charge in [0.1, 0.15) is 0 Å². The molecular formula is C18H25N. The van der Waals surface area contributed by atoms with Crippen LogP contribution in [0.25, 0.3) is 6.08 Å². The summed E-state index contributed by atoms with van der Waals surface area (Å²) in [5, 5.41) is 0. The third kappa shape index (κ3) is 4.07. The Morgan fingerprint density at radius 1 is 1.16 bits per heavy atom. The lowest BCUT2D eigenvalue weighted by atomic mass is 10.0. The van der Waals surface area contributed by atoms with Crippen LogP contribution in [0, 0.1) is 0 Å². The lowest BCUT2D eigenvalue weighted by Gasteiger charge is -2.04. The second kappa shape index (κ2) is 7.30. The SMILES string of the molecule is C=CCCCCC/C=C/c1cccc2c1CN(C)C2. The molecular weight excluding hydrogens is 230 g/mol. The maximum atomic E-state index is 3.76. The molecule has 19 heavy (non-hydrogen) atoms. The van der Waals surface area contributed by atoms with Crippen LogP contribution in [0.5, 0.6) is 0 Å². The minimum absolute atomic E-state index is 1.09. The maximum absolute atomic E-state index is 3.76. The Morgan fingerprint density at radius 2 is 2.00 bits per heavy atom. The quantitative estimate of drug-likeness (QED) is 0.500. The molecule has 0 atom stereocenters. The van der Waals surface area contributed by atoms with E-state index in [0.717, 1.165) is 19.5 Å². The molecule has 0 saturated carbocycles. The van der Waals surface area contributed by atoms with Gasteiger partial charge in [-0.25, -0.2) is 0 Å². The second-order valence-electron chi connectivity index (χ2n) is 5.49. The zero-order valence-corrected chi connectivity index (χ0v) is 12.1. The smallest absolute Gasteiger partial charge is 0.0243 e. The van der Waals surface area contributed by atoms with E-state index >= 15 is 0 Å². The number of hydrogen-bond acceptors (Lipinski definition) is 1. The lowest BCUT2D eigenvalue weighted by molar-refractivity contribution is 0.353. The van der Waals surface area contributed by atoms with Gasteiger partial charge in [-0.3, -0.25) is 4.90 Å². The molecule has 102 valence electrons. The fourth-order valence-corrected chi connectivity index (χ4v) is 2.71. The third-order valence-corrected chi connectivity index (χ3v) is 3.75. The average molecular weight is 255 g/mol. The molecule has 1 heterocycles.